The average molecular weight is 480 g/mol. The molecule has 0 radical (unpaired) electrons. The summed E-state index contributed by atoms with van der Waals surface area (Å²) in [4.78, 5) is 24.8. The van der Waals surface area contributed by atoms with Crippen LogP contribution in [0, 0.1) is 11.8 Å². The van der Waals surface area contributed by atoms with Crippen LogP contribution in [0.15, 0.2) is 84.0 Å². The van der Waals surface area contributed by atoms with Gasteiger partial charge in [-0.2, -0.15) is 0 Å². The number of para-hydroxylation sites is 1. The summed E-state index contributed by atoms with van der Waals surface area (Å²) in [5.74, 6) is 1.07. The molecule has 0 bridgehead atoms. The predicted octanol–water partition coefficient (Wildman–Crippen LogP) is 5.11. The van der Waals surface area contributed by atoms with Crippen molar-refractivity contribution in [3.05, 3.63) is 90.1 Å². The average Bonchev–Trinajstić information content (AvgIpc) is 2.91. The van der Waals surface area contributed by atoms with Gasteiger partial charge in [-0.15, -0.1) is 0 Å². The SMILES string of the molecule is NC(N)=NCC1CCCC(CN(Cc2cnc3ccccc3c2)C(=O)c2ccc3ccccc3c2)C1. The molecule has 2 atom stereocenters. The Kier molecular flexibility index (Phi) is 7.12. The van der Waals surface area contributed by atoms with Crippen LogP contribution >= 0.6 is 0 Å². The number of fused-ring (bicyclic) bond motifs is 2. The summed E-state index contributed by atoms with van der Waals surface area (Å²) >= 11 is 0. The molecule has 0 saturated heterocycles. The van der Waals surface area contributed by atoms with Crippen LogP contribution in [0.5, 0.6) is 0 Å². The molecular weight excluding hydrogens is 446 g/mol. The Morgan fingerprint density at radius 3 is 2.50 bits per heavy atom. The van der Waals surface area contributed by atoms with Gasteiger partial charge in [-0.1, -0.05) is 55.0 Å². The highest BCUT2D eigenvalue weighted by atomic mass is 16.2. The van der Waals surface area contributed by atoms with Crippen molar-refractivity contribution in [2.75, 3.05) is 13.1 Å². The first-order chi connectivity index (χ1) is 17.5. The topological polar surface area (TPSA) is 97.6 Å². The Bertz CT molecular complexity index is 1390. The Morgan fingerprint density at radius 1 is 0.917 bits per heavy atom. The fourth-order valence-electron chi connectivity index (χ4n) is 5.43. The number of carbonyl (C=O) groups is 1. The van der Waals surface area contributed by atoms with Gasteiger partial charge in [0.2, 0.25) is 0 Å². The molecular formula is C30H33N5O. The summed E-state index contributed by atoms with van der Waals surface area (Å²) < 4.78 is 0. The maximum atomic E-state index is 13.9. The predicted molar refractivity (Wildman–Crippen MR) is 147 cm³/mol. The molecule has 1 saturated carbocycles. The van der Waals surface area contributed by atoms with Gasteiger partial charge >= 0.3 is 0 Å². The van der Waals surface area contributed by atoms with E-state index in [-0.39, 0.29) is 11.9 Å². The Morgan fingerprint density at radius 2 is 1.67 bits per heavy atom. The van der Waals surface area contributed by atoms with Crippen molar-refractivity contribution >= 4 is 33.5 Å². The van der Waals surface area contributed by atoms with Crippen LogP contribution in [0.4, 0.5) is 0 Å². The van der Waals surface area contributed by atoms with Crippen LogP contribution in [0.2, 0.25) is 0 Å². The quantitative estimate of drug-likeness (QED) is 0.284. The number of aromatic nitrogens is 1. The van der Waals surface area contributed by atoms with Crippen molar-refractivity contribution in [2.45, 2.75) is 32.2 Å². The number of nitrogens with two attached hydrogens (primary N) is 2. The fraction of sp³-hybridized carbons (Fsp3) is 0.300. The number of benzene rings is 3. The molecule has 1 aliphatic rings. The molecule has 1 aromatic heterocycles. The lowest BCUT2D eigenvalue weighted by Gasteiger charge is -2.33. The summed E-state index contributed by atoms with van der Waals surface area (Å²) in [5.41, 5.74) is 13.8. The minimum atomic E-state index is 0.0558. The van der Waals surface area contributed by atoms with E-state index < -0.39 is 0 Å². The molecule has 36 heavy (non-hydrogen) atoms. The first-order valence-corrected chi connectivity index (χ1v) is 12.7. The standard InChI is InChI=1S/C30H33N5O/c31-30(32)34-17-21-6-5-7-22(14-21)19-35(20-23-15-26-10-3-4-11-28(26)33-18-23)29(36)27-13-12-24-8-1-2-9-25(24)16-27/h1-4,8-13,15-16,18,21-22H,5-7,14,17,19-20H2,(H4,31,32,34). The van der Waals surface area contributed by atoms with Crippen LogP contribution in [0.1, 0.15) is 41.6 Å². The van der Waals surface area contributed by atoms with Crippen LogP contribution in [0.25, 0.3) is 21.7 Å². The zero-order valence-electron chi connectivity index (χ0n) is 20.5. The molecule has 1 aliphatic carbocycles. The number of amides is 1. The van der Waals surface area contributed by atoms with E-state index >= 15 is 0 Å². The van der Waals surface area contributed by atoms with Crippen LogP contribution in [0.3, 0.4) is 0 Å². The Labute approximate surface area is 212 Å². The highest BCUT2D eigenvalue weighted by Crippen LogP contribution is 2.31. The molecule has 0 spiro atoms. The van der Waals surface area contributed by atoms with E-state index in [1.54, 1.807) is 0 Å². The minimum absolute atomic E-state index is 0.0558. The molecule has 5 rings (SSSR count). The van der Waals surface area contributed by atoms with Gasteiger partial charge in [-0.25, -0.2) is 0 Å². The Hall–Kier alpha value is -3.93. The summed E-state index contributed by atoms with van der Waals surface area (Å²) in [7, 11) is 0. The van der Waals surface area contributed by atoms with E-state index in [1.807, 2.05) is 59.6 Å². The second kappa shape index (κ2) is 10.8. The smallest absolute Gasteiger partial charge is 0.254 e. The van der Waals surface area contributed by atoms with E-state index in [1.165, 1.54) is 0 Å². The molecule has 0 aliphatic heterocycles. The normalized spacial score (nSPS) is 17.7. The van der Waals surface area contributed by atoms with Crippen molar-refractivity contribution < 1.29 is 4.79 Å². The number of carbonyl (C=O) groups excluding carboxylic acids is 1. The van der Waals surface area contributed by atoms with Crippen molar-refractivity contribution in [1.29, 1.82) is 0 Å². The maximum Gasteiger partial charge on any atom is 0.254 e. The second-order valence-corrected chi connectivity index (χ2v) is 9.95. The van der Waals surface area contributed by atoms with Gasteiger partial charge in [0.1, 0.15) is 0 Å². The number of aliphatic imine (C=N–C) groups is 1. The van der Waals surface area contributed by atoms with Gasteiger partial charge in [0.05, 0.1) is 5.52 Å². The molecule has 1 fully saturated rings. The number of hydrogen-bond donors (Lipinski definition) is 2. The van der Waals surface area contributed by atoms with Gasteiger partial charge in [0.25, 0.3) is 5.91 Å². The minimum Gasteiger partial charge on any atom is -0.370 e. The lowest BCUT2D eigenvalue weighted by molar-refractivity contribution is 0.0687. The molecule has 1 heterocycles. The molecule has 4 aromatic rings. The highest BCUT2D eigenvalue weighted by Gasteiger charge is 2.26. The molecule has 184 valence electrons. The zero-order chi connectivity index (χ0) is 24.9. The summed E-state index contributed by atoms with van der Waals surface area (Å²) in [6.07, 6.45) is 6.28. The summed E-state index contributed by atoms with van der Waals surface area (Å²) in [5, 5.41) is 3.29. The number of pyridine rings is 1. The van der Waals surface area contributed by atoms with Gasteiger partial charge in [0, 0.05) is 36.8 Å². The van der Waals surface area contributed by atoms with Crippen molar-refractivity contribution in [3.63, 3.8) is 0 Å². The van der Waals surface area contributed by atoms with E-state index in [9.17, 15) is 4.79 Å². The van der Waals surface area contributed by atoms with Crippen molar-refractivity contribution in [1.82, 2.24) is 9.88 Å². The third-order valence-corrected chi connectivity index (χ3v) is 7.21. The van der Waals surface area contributed by atoms with E-state index in [0.717, 1.165) is 58.5 Å². The molecule has 2 unspecified atom stereocenters. The number of nitrogens with zero attached hydrogens (tertiary/aromatic N) is 3. The molecule has 1 amide bonds. The van der Waals surface area contributed by atoms with Crippen LogP contribution in [-0.2, 0) is 6.54 Å². The molecule has 6 heteroatoms. The first-order valence-electron chi connectivity index (χ1n) is 12.7. The maximum absolute atomic E-state index is 13.9. The number of guanidine groups is 1. The van der Waals surface area contributed by atoms with Gasteiger partial charge in [-0.05, 0) is 71.7 Å². The summed E-state index contributed by atoms with van der Waals surface area (Å²) in [6.45, 7) is 1.89. The fourth-order valence-corrected chi connectivity index (χ4v) is 5.43. The van der Waals surface area contributed by atoms with Gasteiger partial charge in [0.15, 0.2) is 5.96 Å². The first kappa shape index (κ1) is 23.8. The van der Waals surface area contributed by atoms with Crippen molar-refractivity contribution in [3.8, 4) is 0 Å². The summed E-state index contributed by atoms with van der Waals surface area (Å²) in [6, 6.07) is 24.4. The van der Waals surface area contributed by atoms with Crippen LogP contribution < -0.4 is 11.5 Å². The Balaban J connectivity index is 1.40. The zero-order valence-corrected chi connectivity index (χ0v) is 20.5. The highest BCUT2D eigenvalue weighted by molar-refractivity contribution is 5.98. The monoisotopic (exact) mass is 479 g/mol. The second-order valence-electron chi connectivity index (χ2n) is 9.95. The van der Waals surface area contributed by atoms with Gasteiger partial charge in [-0.3, -0.25) is 14.8 Å². The number of hydrogen-bond acceptors (Lipinski definition) is 3. The largest absolute Gasteiger partial charge is 0.370 e. The number of rotatable bonds is 7. The third-order valence-electron chi connectivity index (χ3n) is 7.21. The molecule has 6 nitrogen and oxygen atoms in total. The lowest BCUT2D eigenvalue weighted by atomic mass is 9.81. The van der Waals surface area contributed by atoms with E-state index in [4.69, 9.17) is 11.5 Å². The lowest BCUT2D eigenvalue weighted by Crippen LogP contribution is -2.37. The molecule has 3 aromatic carbocycles. The van der Waals surface area contributed by atoms with Crippen molar-refractivity contribution in [2.24, 2.45) is 28.3 Å². The van der Waals surface area contributed by atoms with E-state index in [0.29, 0.717) is 31.5 Å². The van der Waals surface area contributed by atoms with E-state index in [2.05, 4.69) is 34.2 Å². The van der Waals surface area contributed by atoms with Gasteiger partial charge < -0.3 is 16.4 Å². The molecule has 4 N–H and O–H groups in total. The third kappa shape index (κ3) is 5.65. The van der Waals surface area contributed by atoms with Crippen LogP contribution in [-0.4, -0.2) is 34.8 Å².